The number of rotatable bonds is 5. The van der Waals surface area contributed by atoms with Crippen LogP contribution in [0.5, 0.6) is 0 Å². The Kier molecular flexibility index (Phi) is 4.52. The zero-order valence-corrected chi connectivity index (χ0v) is 12.4. The highest BCUT2D eigenvalue weighted by atomic mass is 16.6. The standard InChI is InChI=1S/C16H19N3O2/c1-11(2)16(18-15-10-12(3)8-9-17-15)13-4-6-14(7-5-13)19(20)21/h4-11,16H,1-3H3,(H,17,18). The largest absolute Gasteiger partial charge is 0.363 e. The van der Waals surface area contributed by atoms with E-state index in [0.717, 1.165) is 16.9 Å². The van der Waals surface area contributed by atoms with Gasteiger partial charge in [-0.05, 0) is 36.1 Å². The van der Waals surface area contributed by atoms with Gasteiger partial charge in [-0.25, -0.2) is 4.98 Å². The second kappa shape index (κ2) is 6.35. The highest BCUT2D eigenvalue weighted by Crippen LogP contribution is 2.27. The average Bonchev–Trinajstić information content (AvgIpc) is 2.44. The van der Waals surface area contributed by atoms with Crippen molar-refractivity contribution < 1.29 is 4.92 Å². The van der Waals surface area contributed by atoms with Crippen LogP contribution < -0.4 is 5.32 Å². The van der Waals surface area contributed by atoms with E-state index in [0.29, 0.717) is 5.92 Å². The van der Waals surface area contributed by atoms with Crippen LogP contribution in [-0.4, -0.2) is 9.91 Å². The zero-order chi connectivity index (χ0) is 15.4. The van der Waals surface area contributed by atoms with E-state index in [1.165, 1.54) is 12.1 Å². The van der Waals surface area contributed by atoms with Gasteiger partial charge in [0, 0.05) is 18.3 Å². The number of nitrogens with zero attached hydrogens (tertiary/aromatic N) is 2. The summed E-state index contributed by atoms with van der Waals surface area (Å²) in [6.45, 7) is 6.23. The van der Waals surface area contributed by atoms with Crippen LogP contribution in [0.2, 0.25) is 0 Å². The zero-order valence-electron chi connectivity index (χ0n) is 12.4. The topological polar surface area (TPSA) is 68.1 Å². The van der Waals surface area contributed by atoms with Crippen LogP contribution in [0.4, 0.5) is 11.5 Å². The number of aromatic nitrogens is 1. The smallest absolute Gasteiger partial charge is 0.269 e. The summed E-state index contributed by atoms with van der Waals surface area (Å²) >= 11 is 0. The van der Waals surface area contributed by atoms with Gasteiger partial charge < -0.3 is 5.32 Å². The third-order valence-electron chi connectivity index (χ3n) is 3.35. The van der Waals surface area contributed by atoms with E-state index in [1.807, 2.05) is 19.1 Å². The molecule has 5 heteroatoms. The predicted octanol–water partition coefficient (Wildman–Crippen LogP) is 4.11. The summed E-state index contributed by atoms with van der Waals surface area (Å²) in [5.41, 5.74) is 2.26. The molecule has 1 aromatic heterocycles. The molecule has 1 N–H and O–H groups in total. The molecule has 0 aliphatic heterocycles. The molecule has 0 saturated heterocycles. The highest BCUT2D eigenvalue weighted by molar-refractivity contribution is 5.42. The van der Waals surface area contributed by atoms with Crippen LogP contribution in [-0.2, 0) is 0 Å². The third kappa shape index (κ3) is 3.78. The van der Waals surface area contributed by atoms with Crippen LogP contribution in [0.1, 0.15) is 31.0 Å². The van der Waals surface area contributed by atoms with Crippen molar-refractivity contribution in [2.45, 2.75) is 26.8 Å². The molecule has 110 valence electrons. The van der Waals surface area contributed by atoms with Crippen molar-refractivity contribution in [3.05, 3.63) is 63.8 Å². The quantitative estimate of drug-likeness (QED) is 0.663. The number of nitro benzene ring substituents is 1. The van der Waals surface area contributed by atoms with Crippen molar-refractivity contribution in [2.24, 2.45) is 5.92 Å². The summed E-state index contributed by atoms with van der Waals surface area (Å²) in [6.07, 6.45) is 1.77. The van der Waals surface area contributed by atoms with E-state index in [1.54, 1.807) is 18.3 Å². The first kappa shape index (κ1) is 15.0. The highest BCUT2D eigenvalue weighted by Gasteiger charge is 2.17. The number of anilines is 1. The van der Waals surface area contributed by atoms with Crippen LogP contribution in [0.15, 0.2) is 42.6 Å². The van der Waals surface area contributed by atoms with Crippen molar-refractivity contribution >= 4 is 11.5 Å². The van der Waals surface area contributed by atoms with Crippen molar-refractivity contribution in [3.8, 4) is 0 Å². The fourth-order valence-electron chi connectivity index (χ4n) is 2.21. The number of nitrogens with one attached hydrogen (secondary N) is 1. The fraction of sp³-hybridized carbons (Fsp3) is 0.312. The average molecular weight is 285 g/mol. The molecule has 1 aromatic carbocycles. The summed E-state index contributed by atoms with van der Waals surface area (Å²) in [6, 6.07) is 10.7. The van der Waals surface area contributed by atoms with Gasteiger partial charge in [0.05, 0.1) is 11.0 Å². The van der Waals surface area contributed by atoms with E-state index in [4.69, 9.17) is 0 Å². The second-order valence-corrected chi connectivity index (χ2v) is 5.43. The molecule has 2 rings (SSSR count). The van der Waals surface area contributed by atoms with Crippen LogP contribution in [0.25, 0.3) is 0 Å². The van der Waals surface area contributed by atoms with Crippen LogP contribution in [0.3, 0.4) is 0 Å². The number of hydrogen-bond donors (Lipinski definition) is 1. The molecule has 1 heterocycles. The van der Waals surface area contributed by atoms with Gasteiger partial charge in [-0.2, -0.15) is 0 Å². The molecule has 0 aliphatic carbocycles. The van der Waals surface area contributed by atoms with E-state index in [2.05, 4.69) is 24.1 Å². The Balaban J connectivity index is 2.24. The Morgan fingerprint density at radius 2 is 1.86 bits per heavy atom. The van der Waals surface area contributed by atoms with Gasteiger partial charge in [-0.15, -0.1) is 0 Å². The molecule has 1 atom stereocenters. The third-order valence-corrected chi connectivity index (χ3v) is 3.35. The Morgan fingerprint density at radius 3 is 2.38 bits per heavy atom. The summed E-state index contributed by atoms with van der Waals surface area (Å²) < 4.78 is 0. The first-order chi connectivity index (χ1) is 9.97. The van der Waals surface area contributed by atoms with E-state index in [-0.39, 0.29) is 16.7 Å². The van der Waals surface area contributed by atoms with Gasteiger partial charge >= 0.3 is 0 Å². The lowest BCUT2D eigenvalue weighted by atomic mass is 9.96. The van der Waals surface area contributed by atoms with Gasteiger partial charge in [-0.3, -0.25) is 10.1 Å². The second-order valence-electron chi connectivity index (χ2n) is 5.43. The molecule has 0 aliphatic rings. The van der Waals surface area contributed by atoms with Crippen LogP contribution in [0, 0.1) is 23.0 Å². The molecular weight excluding hydrogens is 266 g/mol. The van der Waals surface area contributed by atoms with Gasteiger partial charge in [-0.1, -0.05) is 26.0 Å². The molecule has 5 nitrogen and oxygen atoms in total. The van der Waals surface area contributed by atoms with E-state index >= 15 is 0 Å². The Bertz CT molecular complexity index is 624. The minimum atomic E-state index is -0.385. The van der Waals surface area contributed by atoms with Gasteiger partial charge in [0.1, 0.15) is 5.82 Å². The maximum absolute atomic E-state index is 10.7. The summed E-state index contributed by atoms with van der Waals surface area (Å²) in [5, 5.41) is 14.1. The Labute approximate surface area is 124 Å². The van der Waals surface area contributed by atoms with E-state index < -0.39 is 0 Å². The lowest BCUT2D eigenvalue weighted by Crippen LogP contribution is -2.17. The maximum atomic E-state index is 10.7. The number of non-ortho nitro benzene ring substituents is 1. The number of hydrogen-bond acceptors (Lipinski definition) is 4. The SMILES string of the molecule is Cc1ccnc(NC(c2ccc([N+](=O)[O-])cc2)C(C)C)c1. The number of nitro groups is 1. The molecule has 0 fully saturated rings. The fourth-order valence-corrected chi connectivity index (χ4v) is 2.21. The number of benzene rings is 1. The molecule has 0 bridgehead atoms. The minimum absolute atomic E-state index is 0.0557. The van der Waals surface area contributed by atoms with Gasteiger partial charge in [0.15, 0.2) is 0 Å². The molecule has 2 aromatic rings. The molecule has 0 amide bonds. The number of aryl methyl sites for hydroxylation is 1. The Morgan fingerprint density at radius 1 is 1.19 bits per heavy atom. The predicted molar refractivity (Wildman–Crippen MR) is 83.3 cm³/mol. The van der Waals surface area contributed by atoms with Crippen molar-refractivity contribution in [1.29, 1.82) is 0 Å². The van der Waals surface area contributed by atoms with Crippen molar-refractivity contribution in [1.82, 2.24) is 4.98 Å². The van der Waals surface area contributed by atoms with Crippen molar-refractivity contribution in [2.75, 3.05) is 5.32 Å². The van der Waals surface area contributed by atoms with Crippen LogP contribution >= 0.6 is 0 Å². The molecule has 0 saturated carbocycles. The normalized spacial score (nSPS) is 12.2. The molecular formula is C16H19N3O2. The van der Waals surface area contributed by atoms with Crippen molar-refractivity contribution in [3.63, 3.8) is 0 Å². The first-order valence-electron chi connectivity index (χ1n) is 6.91. The summed E-state index contributed by atoms with van der Waals surface area (Å²) in [7, 11) is 0. The van der Waals surface area contributed by atoms with Gasteiger partial charge in [0.2, 0.25) is 0 Å². The Hall–Kier alpha value is -2.43. The monoisotopic (exact) mass is 285 g/mol. The summed E-state index contributed by atoms with van der Waals surface area (Å²) in [5.74, 6) is 1.14. The molecule has 1 unspecified atom stereocenters. The van der Waals surface area contributed by atoms with E-state index in [9.17, 15) is 10.1 Å². The lowest BCUT2D eigenvalue weighted by molar-refractivity contribution is -0.384. The maximum Gasteiger partial charge on any atom is 0.269 e. The molecule has 0 spiro atoms. The molecule has 0 radical (unpaired) electrons. The number of pyridine rings is 1. The summed E-state index contributed by atoms with van der Waals surface area (Å²) in [4.78, 5) is 14.7. The first-order valence-corrected chi connectivity index (χ1v) is 6.91. The lowest BCUT2D eigenvalue weighted by Gasteiger charge is -2.23. The van der Waals surface area contributed by atoms with Gasteiger partial charge in [0.25, 0.3) is 5.69 Å². The molecule has 21 heavy (non-hydrogen) atoms. The minimum Gasteiger partial charge on any atom is -0.363 e.